The average Bonchev–Trinajstić information content (AvgIpc) is 2.28. The van der Waals surface area contributed by atoms with E-state index in [-0.39, 0.29) is 5.97 Å². The van der Waals surface area contributed by atoms with Gasteiger partial charge in [-0.05, 0) is 26.0 Å². The lowest BCUT2D eigenvalue weighted by molar-refractivity contribution is -0.138. The highest BCUT2D eigenvalue weighted by molar-refractivity contribution is 6.29. The SMILES string of the molecule is CCOC(=O)/C(C)=C/Nc1ccc(Cl)nn1. The van der Waals surface area contributed by atoms with Crippen molar-refractivity contribution in [2.24, 2.45) is 0 Å². The molecule has 5 nitrogen and oxygen atoms in total. The number of esters is 1. The molecular weight excluding hydrogens is 230 g/mol. The lowest BCUT2D eigenvalue weighted by Crippen LogP contribution is -2.07. The van der Waals surface area contributed by atoms with Crippen LogP contribution in [-0.4, -0.2) is 22.8 Å². The van der Waals surface area contributed by atoms with Gasteiger partial charge in [-0.15, -0.1) is 10.2 Å². The second kappa shape index (κ2) is 6.07. The summed E-state index contributed by atoms with van der Waals surface area (Å²) < 4.78 is 4.81. The number of nitrogens with zero attached hydrogens (tertiary/aromatic N) is 2. The highest BCUT2D eigenvalue weighted by Crippen LogP contribution is 2.06. The van der Waals surface area contributed by atoms with E-state index in [1.165, 1.54) is 6.20 Å². The molecule has 0 radical (unpaired) electrons. The first-order valence-electron chi connectivity index (χ1n) is 4.73. The number of hydrogen-bond donors (Lipinski definition) is 1. The van der Waals surface area contributed by atoms with Gasteiger partial charge in [0, 0.05) is 6.20 Å². The van der Waals surface area contributed by atoms with E-state index in [0.29, 0.717) is 23.2 Å². The zero-order chi connectivity index (χ0) is 12.0. The molecule has 0 fully saturated rings. The summed E-state index contributed by atoms with van der Waals surface area (Å²) >= 11 is 5.58. The second-order valence-electron chi connectivity index (χ2n) is 2.93. The minimum atomic E-state index is -0.364. The van der Waals surface area contributed by atoms with Gasteiger partial charge in [-0.25, -0.2) is 4.79 Å². The summed E-state index contributed by atoms with van der Waals surface area (Å²) in [4.78, 5) is 11.2. The van der Waals surface area contributed by atoms with Gasteiger partial charge in [-0.3, -0.25) is 0 Å². The van der Waals surface area contributed by atoms with E-state index in [2.05, 4.69) is 15.5 Å². The van der Waals surface area contributed by atoms with Crippen LogP contribution in [-0.2, 0) is 9.53 Å². The lowest BCUT2D eigenvalue weighted by Gasteiger charge is -2.02. The van der Waals surface area contributed by atoms with Crippen molar-refractivity contribution in [2.45, 2.75) is 13.8 Å². The number of carbonyl (C=O) groups excluding carboxylic acids is 1. The van der Waals surface area contributed by atoms with Crippen LogP contribution in [0.25, 0.3) is 0 Å². The molecule has 86 valence electrons. The molecule has 0 unspecified atom stereocenters. The molecule has 0 atom stereocenters. The Bertz CT molecular complexity index is 390. The van der Waals surface area contributed by atoms with Gasteiger partial charge in [-0.2, -0.15) is 0 Å². The highest BCUT2D eigenvalue weighted by atomic mass is 35.5. The number of carbonyl (C=O) groups is 1. The molecule has 0 spiro atoms. The van der Waals surface area contributed by atoms with Gasteiger partial charge in [0.2, 0.25) is 0 Å². The Morgan fingerprint density at radius 2 is 2.31 bits per heavy atom. The summed E-state index contributed by atoms with van der Waals surface area (Å²) in [5.41, 5.74) is 0.457. The summed E-state index contributed by atoms with van der Waals surface area (Å²) in [7, 11) is 0. The Kier molecular flexibility index (Phi) is 4.72. The first-order chi connectivity index (χ1) is 7.63. The number of rotatable bonds is 4. The van der Waals surface area contributed by atoms with Crippen molar-refractivity contribution in [1.82, 2.24) is 10.2 Å². The molecule has 0 aliphatic carbocycles. The van der Waals surface area contributed by atoms with Crippen molar-refractivity contribution in [3.8, 4) is 0 Å². The highest BCUT2D eigenvalue weighted by Gasteiger charge is 2.03. The van der Waals surface area contributed by atoms with Gasteiger partial charge >= 0.3 is 5.97 Å². The van der Waals surface area contributed by atoms with Crippen LogP contribution < -0.4 is 5.32 Å². The average molecular weight is 242 g/mol. The van der Waals surface area contributed by atoms with E-state index >= 15 is 0 Å². The van der Waals surface area contributed by atoms with Gasteiger partial charge in [0.1, 0.15) is 0 Å². The fraction of sp³-hybridized carbons (Fsp3) is 0.300. The van der Waals surface area contributed by atoms with Crippen LogP contribution in [0.2, 0.25) is 5.15 Å². The number of halogens is 1. The maximum absolute atomic E-state index is 11.2. The van der Waals surface area contributed by atoms with Crippen molar-refractivity contribution >= 4 is 23.4 Å². The molecule has 0 aromatic carbocycles. The Labute approximate surface area is 98.5 Å². The van der Waals surface area contributed by atoms with E-state index in [4.69, 9.17) is 16.3 Å². The van der Waals surface area contributed by atoms with Gasteiger partial charge in [0.05, 0.1) is 12.2 Å². The largest absolute Gasteiger partial charge is 0.463 e. The summed E-state index contributed by atoms with van der Waals surface area (Å²) in [6, 6.07) is 3.26. The normalized spacial score (nSPS) is 11.1. The fourth-order valence-corrected chi connectivity index (χ4v) is 0.980. The molecule has 1 aromatic rings. The molecule has 6 heteroatoms. The number of ether oxygens (including phenoxy) is 1. The lowest BCUT2D eigenvalue weighted by atomic mass is 10.3. The third-order valence-electron chi connectivity index (χ3n) is 1.67. The first-order valence-corrected chi connectivity index (χ1v) is 5.11. The van der Waals surface area contributed by atoms with Crippen LogP contribution in [0.1, 0.15) is 13.8 Å². The number of nitrogens with one attached hydrogen (secondary N) is 1. The molecule has 1 heterocycles. The molecule has 1 N–H and O–H groups in total. The van der Waals surface area contributed by atoms with Gasteiger partial charge in [0.25, 0.3) is 0 Å². The Hall–Kier alpha value is -1.62. The zero-order valence-electron chi connectivity index (χ0n) is 9.03. The van der Waals surface area contributed by atoms with Crippen LogP contribution in [0.3, 0.4) is 0 Å². The molecule has 0 aliphatic heterocycles. The van der Waals surface area contributed by atoms with Crippen LogP contribution in [0.5, 0.6) is 0 Å². The van der Waals surface area contributed by atoms with Crippen molar-refractivity contribution in [3.63, 3.8) is 0 Å². The first kappa shape index (κ1) is 12.4. The predicted octanol–water partition coefficient (Wildman–Crippen LogP) is 2.01. The minimum Gasteiger partial charge on any atom is -0.463 e. The third kappa shape index (κ3) is 3.86. The number of hydrogen-bond acceptors (Lipinski definition) is 5. The van der Waals surface area contributed by atoms with E-state index in [1.54, 1.807) is 26.0 Å². The smallest absolute Gasteiger partial charge is 0.335 e. The maximum Gasteiger partial charge on any atom is 0.335 e. The molecule has 1 aromatic heterocycles. The summed E-state index contributed by atoms with van der Waals surface area (Å²) in [5.74, 6) is 0.143. The van der Waals surface area contributed by atoms with Gasteiger partial charge in [0.15, 0.2) is 11.0 Å². The molecule has 0 amide bonds. The Morgan fingerprint density at radius 1 is 1.56 bits per heavy atom. The maximum atomic E-state index is 11.2. The standard InChI is InChI=1S/C10H12ClN3O2/c1-3-16-10(15)7(2)6-12-9-5-4-8(11)13-14-9/h4-6H,3H2,1-2H3,(H,12,14)/b7-6+. The predicted molar refractivity (Wildman–Crippen MR) is 61.1 cm³/mol. The zero-order valence-corrected chi connectivity index (χ0v) is 9.78. The second-order valence-corrected chi connectivity index (χ2v) is 3.32. The van der Waals surface area contributed by atoms with Crippen molar-refractivity contribution in [2.75, 3.05) is 11.9 Å². The minimum absolute atomic E-state index is 0.316. The molecule has 1 rings (SSSR count). The Morgan fingerprint density at radius 3 is 2.88 bits per heavy atom. The fourth-order valence-electron chi connectivity index (χ4n) is 0.879. The molecule has 16 heavy (non-hydrogen) atoms. The van der Waals surface area contributed by atoms with Crippen LogP contribution in [0, 0.1) is 0 Å². The van der Waals surface area contributed by atoms with Crippen molar-refractivity contribution < 1.29 is 9.53 Å². The monoisotopic (exact) mass is 241 g/mol. The summed E-state index contributed by atoms with van der Waals surface area (Å²) in [5, 5.41) is 10.5. The van der Waals surface area contributed by atoms with E-state index in [1.807, 2.05) is 0 Å². The van der Waals surface area contributed by atoms with Crippen molar-refractivity contribution in [1.29, 1.82) is 0 Å². The summed E-state index contributed by atoms with van der Waals surface area (Å²) in [6.07, 6.45) is 1.51. The molecule has 0 bridgehead atoms. The van der Waals surface area contributed by atoms with Gasteiger partial charge < -0.3 is 10.1 Å². The van der Waals surface area contributed by atoms with Crippen LogP contribution in [0.4, 0.5) is 5.82 Å². The van der Waals surface area contributed by atoms with E-state index in [0.717, 1.165) is 0 Å². The number of aromatic nitrogens is 2. The van der Waals surface area contributed by atoms with Gasteiger partial charge in [-0.1, -0.05) is 11.6 Å². The van der Waals surface area contributed by atoms with Crippen molar-refractivity contribution in [3.05, 3.63) is 29.1 Å². The van der Waals surface area contributed by atoms with Crippen LogP contribution in [0.15, 0.2) is 23.9 Å². The molecule has 0 aliphatic rings. The topological polar surface area (TPSA) is 64.1 Å². The van der Waals surface area contributed by atoms with Crippen LogP contribution >= 0.6 is 11.6 Å². The van der Waals surface area contributed by atoms with E-state index in [9.17, 15) is 4.79 Å². The molecular formula is C10H12ClN3O2. The summed E-state index contributed by atoms with van der Waals surface area (Å²) in [6.45, 7) is 3.75. The Balaban J connectivity index is 2.58. The van der Waals surface area contributed by atoms with E-state index < -0.39 is 0 Å². The number of anilines is 1. The molecule has 0 saturated carbocycles. The quantitative estimate of drug-likeness (QED) is 0.645. The molecule has 0 saturated heterocycles. The third-order valence-corrected chi connectivity index (χ3v) is 1.87.